The Morgan fingerprint density at radius 3 is 2.12 bits per heavy atom. The Bertz CT molecular complexity index is 244. The van der Waals surface area contributed by atoms with E-state index in [0.717, 1.165) is 0 Å². The van der Waals surface area contributed by atoms with E-state index in [2.05, 4.69) is 0 Å². The summed E-state index contributed by atoms with van der Waals surface area (Å²) >= 11 is 0. The van der Waals surface area contributed by atoms with E-state index in [-0.39, 0.29) is 31.6 Å². The Balaban J connectivity index is 2.51. The highest BCUT2D eigenvalue weighted by Gasteiger charge is 2.43. The van der Waals surface area contributed by atoms with Crippen LogP contribution in [-0.2, 0) is 9.53 Å². The second-order valence-corrected chi connectivity index (χ2v) is 4.15. The van der Waals surface area contributed by atoms with Crippen molar-refractivity contribution in [2.45, 2.75) is 38.0 Å². The molecule has 0 aromatic rings. The van der Waals surface area contributed by atoms with Crippen LogP contribution in [0.1, 0.15) is 25.7 Å². The van der Waals surface area contributed by atoms with Crippen molar-refractivity contribution in [2.24, 2.45) is 11.8 Å². The van der Waals surface area contributed by atoms with Crippen molar-refractivity contribution in [1.82, 2.24) is 0 Å². The van der Waals surface area contributed by atoms with Gasteiger partial charge in [-0.15, -0.1) is 0 Å². The number of carbonyl (C=O) groups is 1. The number of alkyl halides is 3. The lowest BCUT2D eigenvalue weighted by Gasteiger charge is -2.32. The Morgan fingerprint density at radius 1 is 1.31 bits per heavy atom. The maximum atomic E-state index is 12.4. The van der Waals surface area contributed by atoms with E-state index in [1.807, 2.05) is 0 Å². The highest BCUT2D eigenvalue weighted by Crippen LogP contribution is 2.40. The number of carboxylic acids is 1. The average Bonchev–Trinajstić information content (AvgIpc) is 2.17. The Kier molecular flexibility index (Phi) is 4.18. The minimum Gasteiger partial charge on any atom is -0.479 e. The van der Waals surface area contributed by atoms with E-state index in [9.17, 15) is 18.0 Å². The van der Waals surface area contributed by atoms with Gasteiger partial charge in [-0.05, 0) is 31.6 Å². The van der Waals surface area contributed by atoms with Crippen molar-refractivity contribution in [3.05, 3.63) is 0 Å². The predicted molar refractivity (Wildman–Crippen MR) is 49.9 cm³/mol. The van der Waals surface area contributed by atoms with Gasteiger partial charge in [0.1, 0.15) is 0 Å². The van der Waals surface area contributed by atoms with Crippen LogP contribution in [0.25, 0.3) is 0 Å². The zero-order valence-electron chi connectivity index (χ0n) is 8.96. The summed E-state index contributed by atoms with van der Waals surface area (Å²) in [4.78, 5) is 10.8. The Hall–Kier alpha value is -0.780. The van der Waals surface area contributed by atoms with Crippen molar-refractivity contribution in [3.63, 3.8) is 0 Å². The summed E-state index contributed by atoms with van der Waals surface area (Å²) in [5.74, 6) is -2.69. The highest BCUT2D eigenvalue weighted by atomic mass is 19.4. The van der Waals surface area contributed by atoms with Crippen LogP contribution >= 0.6 is 0 Å². The largest absolute Gasteiger partial charge is 0.479 e. The molecule has 1 aliphatic rings. The summed E-state index contributed by atoms with van der Waals surface area (Å²) in [6, 6.07) is 0. The molecule has 6 heteroatoms. The zero-order chi connectivity index (χ0) is 12.3. The highest BCUT2D eigenvalue weighted by molar-refractivity contribution is 5.72. The molecule has 1 aliphatic carbocycles. The van der Waals surface area contributed by atoms with Crippen LogP contribution in [0.5, 0.6) is 0 Å². The van der Waals surface area contributed by atoms with Gasteiger partial charge in [0.15, 0.2) is 6.10 Å². The van der Waals surface area contributed by atoms with E-state index in [1.54, 1.807) is 0 Å². The molecule has 1 unspecified atom stereocenters. The molecule has 94 valence electrons. The number of rotatable bonds is 3. The van der Waals surface area contributed by atoms with Gasteiger partial charge in [0.2, 0.25) is 0 Å². The van der Waals surface area contributed by atoms with Gasteiger partial charge < -0.3 is 9.84 Å². The molecule has 0 radical (unpaired) electrons. The first-order valence-corrected chi connectivity index (χ1v) is 5.18. The number of halogens is 3. The van der Waals surface area contributed by atoms with E-state index in [0.29, 0.717) is 0 Å². The lowest BCUT2D eigenvalue weighted by atomic mass is 9.79. The Labute approximate surface area is 91.6 Å². The van der Waals surface area contributed by atoms with Crippen molar-refractivity contribution >= 4 is 5.97 Å². The van der Waals surface area contributed by atoms with Crippen molar-refractivity contribution in [3.8, 4) is 0 Å². The van der Waals surface area contributed by atoms with Crippen molar-refractivity contribution < 1.29 is 27.8 Å². The fraction of sp³-hybridized carbons (Fsp3) is 0.900. The SMILES string of the molecule is COC(C(=O)O)C1CCC(C(F)(F)F)CC1. The maximum Gasteiger partial charge on any atom is 0.391 e. The topological polar surface area (TPSA) is 46.5 Å². The number of hydrogen-bond acceptors (Lipinski definition) is 2. The predicted octanol–water partition coefficient (Wildman–Crippen LogP) is 2.45. The normalized spacial score (nSPS) is 28.8. The minimum atomic E-state index is -4.16. The molecule has 0 spiro atoms. The summed E-state index contributed by atoms with van der Waals surface area (Å²) in [6.45, 7) is 0. The molecule has 0 heterocycles. The van der Waals surface area contributed by atoms with Crippen LogP contribution in [-0.4, -0.2) is 30.5 Å². The lowest BCUT2D eigenvalue weighted by Crippen LogP contribution is -2.36. The molecule has 0 amide bonds. The van der Waals surface area contributed by atoms with Gasteiger partial charge in [-0.2, -0.15) is 13.2 Å². The van der Waals surface area contributed by atoms with Crippen molar-refractivity contribution in [1.29, 1.82) is 0 Å². The summed E-state index contributed by atoms with van der Waals surface area (Å²) in [6.07, 6.45) is -4.61. The third kappa shape index (κ3) is 3.10. The summed E-state index contributed by atoms with van der Waals surface area (Å²) in [5.41, 5.74) is 0. The molecular formula is C10H15F3O3. The summed E-state index contributed by atoms with van der Waals surface area (Å²) in [5, 5.41) is 8.80. The average molecular weight is 240 g/mol. The fourth-order valence-corrected chi connectivity index (χ4v) is 2.24. The summed E-state index contributed by atoms with van der Waals surface area (Å²) in [7, 11) is 1.27. The van der Waals surface area contributed by atoms with Gasteiger partial charge in [0.25, 0.3) is 0 Å². The first kappa shape index (κ1) is 13.3. The van der Waals surface area contributed by atoms with Gasteiger partial charge in [-0.25, -0.2) is 4.79 Å². The van der Waals surface area contributed by atoms with E-state index in [1.165, 1.54) is 7.11 Å². The molecule has 0 bridgehead atoms. The first-order valence-electron chi connectivity index (χ1n) is 5.18. The molecule has 1 fully saturated rings. The standard InChI is InChI=1S/C10H15F3O3/c1-16-8(9(14)15)6-2-4-7(5-3-6)10(11,12)13/h6-8H,2-5H2,1H3,(H,14,15). The van der Waals surface area contributed by atoms with Gasteiger partial charge >= 0.3 is 12.1 Å². The van der Waals surface area contributed by atoms with E-state index in [4.69, 9.17) is 9.84 Å². The molecule has 1 rings (SSSR count). The van der Waals surface area contributed by atoms with Gasteiger partial charge in [0.05, 0.1) is 5.92 Å². The van der Waals surface area contributed by atoms with Crippen molar-refractivity contribution in [2.75, 3.05) is 7.11 Å². The molecule has 16 heavy (non-hydrogen) atoms. The third-order valence-corrected chi connectivity index (χ3v) is 3.16. The van der Waals surface area contributed by atoms with Crippen LogP contribution < -0.4 is 0 Å². The number of aliphatic carboxylic acids is 1. The first-order chi connectivity index (χ1) is 7.36. The third-order valence-electron chi connectivity index (χ3n) is 3.16. The fourth-order valence-electron chi connectivity index (χ4n) is 2.24. The zero-order valence-corrected chi connectivity index (χ0v) is 8.96. The molecule has 1 N–H and O–H groups in total. The molecule has 0 aliphatic heterocycles. The van der Waals surface area contributed by atoms with Crippen LogP contribution in [0, 0.1) is 11.8 Å². The molecule has 0 aromatic heterocycles. The lowest BCUT2D eigenvalue weighted by molar-refractivity contribution is -0.187. The molecule has 1 atom stereocenters. The van der Waals surface area contributed by atoms with E-state index >= 15 is 0 Å². The number of hydrogen-bond donors (Lipinski definition) is 1. The molecular weight excluding hydrogens is 225 g/mol. The summed E-state index contributed by atoms with van der Waals surface area (Å²) < 4.78 is 41.9. The number of methoxy groups -OCH3 is 1. The van der Waals surface area contributed by atoms with Crippen LogP contribution in [0.2, 0.25) is 0 Å². The molecule has 0 aromatic carbocycles. The maximum absolute atomic E-state index is 12.4. The second-order valence-electron chi connectivity index (χ2n) is 4.15. The monoisotopic (exact) mass is 240 g/mol. The Morgan fingerprint density at radius 2 is 1.81 bits per heavy atom. The van der Waals surface area contributed by atoms with Crippen LogP contribution in [0.3, 0.4) is 0 Å². The second kappa shape index (κ2) is 5.03. The van der Waals surface area contributed by atoms with Gasteiger partial charge in [0, 0.05) is 7.11 Å². The number of carboxylic acid groups (broad SMARTS) is 1. The van der Waals surface area contributed by atoms with Crippen LogP contribution in [0.4, 0.5) is 13.2 Å². The minimum absolute atomic E-state index is 0.00130. The van der Waals surface area contributed by atoms with Gasteiger partial charge in [-0.3, -0.25) is 0 Å². The van der Waals surface area contributed by atoms with E-state index < -0.39 is 24.2 Å². The van der Waals surface area contributed by atoms with Gasteiger partial charge in [-0.1, -0.05) is 0 Å². The molecule has 0 saturated heterocycles. The smallest absolute Gasteiger partial charge is 0.391 e. The quantitative estimate of drug-likeness (QED) is 0.824. The molecule has 3 nitrogen and oxygen atoms in total. The van der Waals surface area contributed by atoms with Crippen LogP contribution in [0.15, 0.2) is 0 Å². The number of ether oxygens (including phenoxy) is 1. The molecule has 1 saturated carbocycles.